The zero-order valence-electron chi connectivity index (χ0n) is 12.4. The molecule has 0 aromatic carbocycles. The van der Waals surface area contributed by atoms with Gasteiger partial charge in [0.05, 0.1) is 30.8 Å². The summed E-state index contributed by atoms with van der Waals surface area (Å²) in [6.07, 6.45) is 4.60. The van der Waals surface area contributed by atoms with Gasteiger partial charge in [0.1, 0.15) is 5.82 Å². The van der Waals surface area contributed by atoms with Crippen LogP contribution in [0.4, 0.5) is 5.69 Å². The van der Waals surface area contributed by atoms with Gasteiger partial charge < -0.3 is 15.0 Å². The molecule has 0 amide bonds. The smallest absolute Gasteiger partial charge is 0.131 e. The number of ether oxygens (including phenoxy) is 1. The van der Waals surface area contributed by atoms with Crippen LogP contribution in [-0.2, 0) is 11.3 Å². The highest BCUT2D eigenvalue weighted by Crippen LogP contribution is 2.24. The van der Waals surface area contributed by atoms with Crippen LogP contribution in [0.2, 0.25) is 0 Å². The lowest BCUT2D eigenvalue weighted by Crippen LogP contribution is -2.37. The number of hydrogen-bond donors (Lipinski definition) is 1. The van der Waals surface area contributed by atoms with E-state index in [1.54, 1.807) is 0 Å². The van der Waals surface area contributed by atoms with Crippen molar-refractivity contribution in [2.24, 2.45) is 0 Å². The predicted octanol–water partition coefficient (Wildman–Crippen LogP) is 1.69. The van der Waals surface area contributed by atoms with E-state index in [0.717, 1.165) is 44.4 Å². The van der Waals surface area contributed by atoms with Crippen molar-refractivity contribution >= 4 is 5.69 Å². The van der Waals surface area contributed by atoms with E-state index in [4.69, 9.17) is 9.72 Å². The summed E-state index contributed by atoms with van der Waals surface area (Å²) in [6.45, 7) is 8.58. The van der Waals surface area contributed by atoms with Gasteiger partial charge in [-0.05, 0) is 12.8 Å². The van der Waals surface area contributed by atoms with E-state index in [1.165, 1.54) is 18.5 Å². The van der Waals surface area contributed by atoms with Crippen LogP contribution >= 0.6 is 0 Å². The number of nitrogens with one attached hydrogen (secondary N) is 1. The molecule has 1 aliphatic heterocycles. The fraction of sp³-hybridized carbons (Fsp3) is 0.733. The lowest BCUT2D eigenvalue weighted by atomic mass is 10.2. The Kier molecular flexibility index (Phi) is 4.17. The molecule has 0 atom stereocenters. The fourth-order valence-corrected chi connectivity index (χ4v) is 2.43. The first-order valence-electron chi connectivity index (χ1n) is 7.66. The normalized spacial score (nSPS) is 19.6. The van der Waals surface area contributed by atoms with Gasteiger partial charge in [-0.2, -0.15) is 0 Å². The van der Waals surface area contributed by atoms with Gasteiger partial charge in [0.15, 0.2) is 0 Å². The van der Waals surface area contributed by atoms with Gasteiger partial charge in [0, 0.05) is 31.6 Å². The Labute approximate surface area is 120 Å². The number of nitrogens with zero attached hydrogens (tertiary/aromatic N) is 3. The Hall–Kier alpha value is -1.20. The monoisotopic (exact) mass is 276 g/mol. The molecule has 5 nitrogen and oxygen atoms in total. The molecule has 1 saturated carbocycles. The number of aromatic nitrogens is 2. The first-order chi connectivity index (χ1) is 9.74. The van der Waals surface area contributed by atoms with Crippen molar-refractivity contribution in [2.45, 2.75) is 45.2 Å². The van der Waals surface area contributed by atoms with Crippen molar-refractivity contribution in [3.8, 4) is 0 Å². The molecule has 1 aromatic heterocycles. The van der Waals surface area contributed by atoms with Gasteiger partial charge in [0.2, 0.25) is 0 Å². The highest BCUT2D eigenvalue weighted by Gasteiger charge is 2.23. The van der Waals surface area contributed by atoms with Crippen LogP contribution in [0.5, 0.6) is 0 Å². The molecule has 2 fully saturated rings. The van der Waals surface area contributed by atoms with E-state index in [1.807, 2.05) is 6.20 Å². The summed E-state index contributed by atoms with van der Waals surface area (Å²) in [5, 5.41) is 3.57. The molecule has 1 saturated heterocycles. The van der Waals surface area contributed by atoms with E-state index < -0.39 is 0 Å². The Bertz CT molecular complexity index is 453. The summed E-state index contributed by atoms with van der Waals surface area (Å²) in [6, 6.07) is 0.699. The third kappa shape index (κ3) is 3.27. The summed E-state index contributed by atoms with van der Waals surface area (Å²) in [5.74, 6) is 1.31. The maximum Gasteiger partial charge on any atom is 0.131 e. The molecule has 110 valence electrons. The van der Waals surface area contributed by atoms with Crippen LogP contribution in [0.3, 0.4) is 0 Å². The summed E-state index contributed by atoms with van der Waals surface area (Å²) < 4.78 is 5.43. The number of rotatable bonds is 5. The van der Waals surface area contributed by atoms with Crippen molar-refractivity contribution in [3.05, 3.63) is 17.7 Å². The highest BCUT2D eigenvalue weighted by atomic mass is 16.5. The standard InChI is InChI=1S/C15H24N4O/c1-11(2)15-17-10-14(19-5-7-20-8-6-19)13(18-15)9-16-12-3-4-12/h10-12,16H,3-9H2,1-2H3. The quantitative estimate of drug-likeness (QED) is 0.887. The topological polar surface area (TPSA) is 50.3 Å². The predicted molar refractivity (Wildman–Crippen MR) is 79.0 cm³/mol. The van der Waals surface area contributed by atoms with Crippen LogP contribution in [0.15, 0.2) is 6.20 Å². The molecule has 3 rings (SSSR count). The second kappa shape index (κ2) is 6.06. The maximum atomic E-state index is 5.43. The average Bonchev–Trinajstić information content (AvgIpc) is 3.30. The Morgan fingerprint density at radius 2 is 2.10 bits per heavy atom. The third-order valence-electron chi connectivity index (χ3n) is 3.87. The van der Waals surface area contributed by atoms with E-state index in [-0.39, 0.29) is 0 Å². The van der Waals surface area contributed by atoms with E-state index in [9.17, 15) is 0 Å². The van der Waals surface area contributed by atoms with Crippen LogP contribution < -0.4 is 10.2 Å². The summed E-state index contributed by atoms with van der Waals surface area (Å²) in [5.41, 5.74) is 2.31. The highest BCUT2D eigenvalue weighted by molar-refractivity contribution is 5.49. The van der Waals surface area contributed by atoms with Crippen LogP contribution in [0, 0.1) is 0 Å². The average molecular weight is 276 g/mol. The van der Waals surface area contributed by atoms with E-state index >= 15 is 0 Å². The molecule has 0 unspecified atom stereocenters. The van der Waals surface area contributed by atoms with E-state index in [0.29, 0.717) is 12.0 Å². The Balaban J connectivity index is 1.81. The molecule has 0 spiro atoms. The Morgan fingerprint density at radius 1 is 1.35 bits per heavy atom. The van der Waals surface area contributed by atoms with Crippen molar-refractivity contribution < 1.29 is 4.74 Å². The lowest BCUT2D eigenvalue weighted by molar-refractivity contribution is 0.122. The van der Waals surface area contributed by atoms with Crippen molar-refractivity contribution in [1.29, 1.82) is 0 Å². The second-order valence-corrected chi connectivity index (χ2v) is 5.97. The van der Waals surface area contributed by atoms with Gasteiger partial charge in [-0.1, -0.05) is 13.8 Å². The van der Waals surface area contributed by atoms with Crippen molar-refractivity contribution in [3.63, 3.8) is 0 Å². The maximum absolute atomic E-state index is 5.43. The van der Waals surface area contributed by atoms with Gasteiger partial charge in [-0.15, -0.1) is 0 Å². The minimum absolute atomic E-state index is 0.369. The van der Waals surface area contributed by atoms with Gasteiger partial charge in [-0.25, -0.2) is 9.97 Å². The Morgan fingerprint density at radius 3 is 2.75 bits per heavy atom. The van der Waals surface area contributed by atoms with Crippen LogP contribution in [0.25, 0.3) is 0 Å². The number of morpholine rings is 1. The zero-order chi connectivity index (χ0) is 13.9. The number of anilines is 1. The summed E-state index contributed by atoms with van der Waals surface area (Å²) in [4.78, 5) is 11.7. The number of hydrogen-bond acceptors (Lipinski definition) is 5. The molecule has 2 heterocycles. The molecule has 20 heavy (non-hydrogen) atoms. The third-order valence-corrected chi connectivity index (χ3v) is 3.87. The first-order valence-corrected chi connectivity index (χ1v) is 7.66. The minimum Gasteiger partial charge on any atom is -0.378 e. The molecule has 1 aromatic rings. The van der Waals surface area contributed by atoms with E-state index in [2.05, 4.69) is 29.0 Å². The largest absolute Gasteiger partial charge is 0.378 e. The molecule has 1 aliphatic carbocycles. The van der Waals surface area contributed by atoms with Gasteiger partial charge in [-0.3, -0.25) is 0 Å². The van der Waals surface area contributed by atoms with Crippen molar-refractivity contribution in [1.82, 2.24) is 15.3 Å². The molecule has 5 heteroatoms. The second-order valence-electron chi connectivity index (χ2n) is 5.97. The molecule has 2 aliphatic rings. The molecular weight excluding hydrogens is 252 g/mol. The molecule has 1 N–H and O–H groups in total. The summed E-state index contributed by atoms with van der Waals surface area (Å²) in [7, 11) is 0. The van der Waals surface area contributed by atoms with Crippen molar-refractivity contribution in [2.75, 3.05) is 31.2 Å². The zero-order valence-corrected chi connectivity index (χ0v) is 12.4. The van der Waals surface area contributed by atoms with Crippen LogP contribution in [0.1, 0.15) is 44.1 Å². The SMILES string of the molecule is CC(C)c1ncc(N2CCOCC2)c(CNC2CC2)n1. The van der Waals surface area contributed by atoms with Gasteiger partial charge >= 0.3 is 0 Å². The minimum atomic E-state index is 0.369. The summed E-state index contributed by atoms with van der Waals surface area (Å²) >= 11 is 0. The van der Waals surface area contributed by atoms with Gasteiger partial charge in [0.25, 0.3) is 0 Å². The molecule has 0 bridgehead atoms. The molecule has 0 radical (unpaired) electrons. The molecular formula is C15H24N4O. The fourth-order valence-electron chi connectivity index (χ4n) is 2.43. The lowest BCUT2D eigenvalue weighted by Gasteiger charge is -2.30. The first kappa shape index (κ1) is 13.8. The van der Waals surface area contributed by atoms with Crippen LogP contribution in [-0.4, -0.2) is 42.3 Å².